The molecule has 0 radical (unpaired) electrons. The van der Waals surface area contributed by atoms with E-state index in [0.717, 1.165) is 16.7 Å². The minimum atomic E-state index is 0.644. The van der Waals surface area contributed by atoms with Crippen molar-refractivity contribution >= 4 is 21.6 Å². The highest BCUT2D eigenvalue weighted by atomic mass is 79.9. The second-order valence-corrected chi connectivity index (χ2v) is 5.42. The van der Waals surface area contributed by atoms with Gasteiger partial charge in [-0.2, -0.15) is 0 Å². The molecule has 0 aliphatic heterocycles. The average molecular weight is 320 g/mol. The van der Waals surface area contributed by atoms with Crippen LogP contribution in [-0.4, -0.2) is 7.11 Å². The second kappa shape index (κ2) is 6.73. The maximum Gasteiger partial charge on any atom is 0.0713 e. The predicted molar refractivity (Wildman–Crippen MR) is 83.4 cm³/mol. The Labute approximate surface area is 122 Å². The van der Waals surface area contributed by atoms with E-state index in [9.17, 15) is 0 Å². The van der Waals surface area contributed by atoms with Gasteiger partial charge in [0.1, 0.15) is 0 Å². The molecule has 2 rings (SSSR count). The molecule has 0 saturated heterocycles. The van der Waals surface area contributed by atoms with E-state index in [2.05, 4.69) is 64.6 Å². The summed E-state index contributed by atoms with van der Waals surface area (Å²) < 4.78 is 6.29. The second-order valence-electron chi connectivity index (χ2n) is 4.57. The van der Waals surface area contributed by atoms with Crippen LogP contribution in [0.3, 0.4) is 0 Å². The van der Waals surface area contributed by atoms with E-state index in [1.54, 1.807) is 7.11 Å². The molecule has 0 spiro atoms. The number of halogens is 1. The van der Waals surface area contributed by atoms with Crippen LogP contribution in [0.25, 0.3) is 0 Å². The fourth-order valence-electron chi connectivity index (χ4n) is 1.89. The van der Waals surface area contributed by atoms with Crippen molar-refractivity contribution in [1.82, 2.24) is 0 Å². The van der Waals surface area contributed by atoms with Gasteiger partial charge in [0.05, 0.1) is 6.61 Å². The van der Waals surface area contributed by atoms with Gasteiger partial charge in [-0.3, -0.25) is 0 Å². The molecular formula is C16H18BrNO. The first-order chi connectivity index (χ1) is 9.19. The molecule has 0 saturated carbocycles. The van der Waals surface area contributed by atoms with Crippen LogP contribution in [0.4, 0.5) is 5.69 Å². The third-order valence-corrected chi connectivity index (χ3v) is 3.83. The highest BCUT2D eigenvalue weighted by Gasteiger charge is 1.99. The average Bonchev–Trinajstić information content (AvgIpc) is 2.41. The molecule has 0 fully saturated rings. The molecule has 0 unspecified atom stereocenters. The van der Waals surface area contributed by atoms with Gasteiger partial charge < -0.3 is 10.1 Å². The number of hydrogen-bond donors (Lipinski definition) is 1. The van der Waals surface area contributed by atoms with Crippen LogP contribution >= 0.6 is 15.9 Å². The zero-order chi connectivity index (χ0) is 13.7. The van der Waals surface area contributed by atoms with Crippen molar-refractivity contribution in [2.24, 2.45) is 0 Å². The highest BCUT2D eigenvalue weighted by molar-refractivity contribution is 9.10. The van der Waals surface area contributed by atoms with Crippen molar-refractivity contribution in [2.75, 3.05) is 12.4 Å². The van der Waals surface area contributed by atoms with Gasteiger partial charge in [0.15, 0.2) is 0 Å². The number of rotatable bonds is 5. The molecule has 0 atom stereocenters. The Bertz CT molecular complexity index is 554. The number of nitrogens with one attached hydrogen (secondary N) is 1. The molecule has 2 nitrogen and oxygen atoms in total. The SMILES string of the molecule is COCc1cccc(NCc2ccc(C)c(Br)c2)c1. The number of anilines is 1. The summed E-state index contributed by atoms with van der Waals surface area (Å²) >= 11 is 3.56. The molecule has 0 aliphatic carbocycles. The maximum absolute atomic E-state index is 5.14. The molecule has 100 valence electrons. The number of ether oxygens (including phenoxy) is 1. The van der Waals surface area contributed by atoms with Crippen molar-refractivity contribution in [1.29, 1.82) is 0 Å². The fraction of sp³-hybridized carbons (Fsp3) is 0.250. The van der Waals surface area contributed by atoms with Gasteiger partial charge in [0.2, 0.25) is 0 Å². The molecule has 2 aromatic carbocycles. The lowest BCUT2D eigenvalue weighted by molar-refractivity contribution is 0.185. The van der Waals surface area contributed by atoms with Gasteiger partial charge >= 0.3 is 0 Å². The number of methoxy groups -OCH3 is 1. The summed E-state index contributed by atoms with van der Waals surface area (Å²) in [6.45, 7) is 3.55. The predicted octanol–water partition coefficient (Wildman–Crippen LogP) is 4.52. The van der Waals surface area contributed by atoms with Crippen LogP contribution in [-0.2, 0) is 17.9 Å². The van der Waals surface area contributed by atoms with E-state index < -0.39 is 0 Å². The van der Waals surface area contributed by atoms with Crippen LogP contribution < -0.4 is 5.32 Å². The van der Waals surface area contributed by atoms with E-state index >= 15 is 0 Å². The van der Waals surface area contributed by atoms with E-state index in [0.29, 0.717) is 6.61 Å². The van der Waals surface area contributed by atoms with Gasteiger partial charge in [0.25, 0.3) is 0 Å². The topological polar surface area (TPSA) is 21.3 Å². The van der Waals surface area contributed by atoms with Crippen LogP contribution in [0.5, 0.6) is 0 Å². The molecular weight excluding hydrogens is 302 g/mol. The van der Waals surface area contributed by atoms with Gasteiger partial charge in [-0.05, 0) is 41.8 Å². The van der Waals surface area contributed by atoms with E-state index in [1.807, 2.05) is 6.07 Å². The lowest BCUT2D eigenvalue weighted by atomic mass is 10.1. The Hall–Kier alpha value is -1.32. The lowest BCUT2D eigenvalue weighted by Gasteiger charge is -2.09. The fourth-order valence-corrected chi connectivity index (χ4v) is 2.31. The number of hydrogen-bond acceptors (Lipinski definition) is 2. The summed E-state index contributed by atoms with van der Waals surface area (Å²) in [6.07, 6.45) is 0. The molecule has 2 aromatic rings. The monoisotopic (exact) mass is 319 g/mol. The van der Waals surface area contributed by atoms with E-state index in [1.165, 1.54) is 16.7 Å². The van der Waals surface area contributed by atoms with Crippen LogP contribution in [0.2, 0.25) is 0 Å². The smallest absolute Gasteiger partial charge is 0.0713 e. The minimum absolute atomic E-state index is 0.644. The van der Waals surface area contributed by atoms with Gasteiger partial charge in [-0.15, -0.1) is 0 Å². The Morgan fingerprint density at radius 1 is 1.11 bits per heavy atom. The number of aryl methyl sites for hydroxylation is 1. The zero-order valence-electron chi connectivity index (χ0n) is 11.2. The lowest BCUT2D eigenvalue weighted by Crippen LogP contribution is -2.00. The van der Waals surface area contributed by atoms with Crippen LogP contribution in [0.15, 0.2) is 46.9 Å². The molecule has 1 N–H and O–H groups in total. The van der Waals surface area contributed by atoms with E-state index in [-0.39, 0.29) is 0 Å². The molecule has 19 heavy (non-hydrogen) atoms. The first kappa shape index (κ1) is 14.1. The molecule has 3 heteroatoms. The summed E-state index contributed by atoms with van der Waals surface area (Å²) in [7, 11) is 1.71. The summed E-state index contributed by atoms with van der Waals surface area (Å²) in [4.78, 5) is 0. The Morgan fingerprint density at radius 3 is 2.68 bits per heavy atom. The van der Waals surface area contributed by atoms with Gasteiger partial charge in [-0.1, -0.05) is 40.2 Å². The molecule has 0 aliphatic rings. The molecule has 0 aromatic heterocycles. The Morgan fingerprint density at radius 2 is 1.95 bits per heavy atom. The Kier molecular flexibility index (Phi) is 5.00. The van der Waals surface area contributed by atoms with E-state index in [4.69, 9.17) is 4.74 Å². The van der Waals surface area contributed by atoms with Crippen molar-refractivity contribution in [3.8, 4) is 0 Å². The Balaban J connectivity index is 2.01. The van der Waals surface area contributed by atoms with Crippen molar-refractivity contribution in [3.63, 3.8) is 0 Å². The number of benzene rings is 2. The minimum Gasteiger partial charge on any atom is -0.381 e. The van der Waals surface area contributed by atoms with Crippen molar-refractivity contribution in [2.45, 2.75) is 20.1 Å². The summed E-state index contributed by atoms with van der Waals surface area (Å²) in [6, 6.07) is 14.7. The summed E-state index contributed by atoms with van der Waals surface area (Å²) in [5, 5.41) is 3.43. The highest BCUT2D eigenvalue weighted by Crippen LogP contribution is 2.19. The third kappa shape index (κ3) is 4.08. The largest absolute Gasteiger partial charge is 0.381 e. The summed E-state index contributed by atoms with van der Waals surface area (Å²) in [5.41, 5.74) is 4.81. The third-order valence-electron chi connectivity index (χ3n) is 2.97. The standard InChI is InChI=1S/C16H18BrNO/c1-12-6-7-13(9-16(12)17)10-18-15-5-3-4-14(8-15)11-19-2/h3-9,18H,10-11H2,1-2H3. The van der Waals surface area contributed by atoms with Crippen molar-refractivity contribution in [3.05, 3.63) is 63.6 Å². The quantitative estimate of drug-likeness (QED) is 0.875. The molecule has 0 heterocycles. The van der Waals surface area contributed by atoms with Crippen molar-refractivity contribution < 1.29 is 4.74 Å². The van der Waals surface area contributed by atoms with Crippen LogP contribution in [0.1, 0.15) is 16.7 Å². The summed E-state index contributed by atoms with van der Waals surface area (Å²) in [5.74, 6) is 0. The first-order valence-corrected chi connectivity index (χ1v) is 7.05. The molecule has 0 amide bonds. The molecule has 0 bridgehead atoms. The van der Waals surface area contributed by atoms with Gasteiger partial charge in [-0.25, -0.2) is 0 Å². The normalized spacial score (nSPS) is 10.5. The maximum atomic E-state index is 5.14. The van der Waals surface area contributed by atoms with Gasteiger partial charge in [0, 0.05) is 23.8 Å². The first-order valence-electron chi connectivity index (χ1n) is 6.26. The van der Waals surface area contributed by atoms with Crippen LogP contribution in [0, 0.1) is 6.92 Å². The zero-order valence-corrected chi connectivity index (χ0v) is 12.8.